The van der Waals surface area contributed by atoms with Gasteiger partial charge >= 0.3 is 5.97 Å². The van der Waals surface area contributed by atoms with Crippen LogP contribution < -0.4 is 0 Å². The molecule has 2 aromatic rings. The fourth-order valence-corrected chi connectivity index (χ4v) is 2.40. The van der Waals surface area contributed by atoms with E-state index in [1.54, 1.807) is 24.3 Å². The molecule has 2 nitrogen and oxygen atoms in total. The lowest BCUT2D eigenvalue weighted by Crippen LogP contribution is -2.16. The molecule has 0 spiro atoms. The molecule has 5 heteroatoms. The highest BCUT2D eigenvalue weighted by Gasteiger charge is 2.24. The van der Waals surface area contributed by atoms with Gasteiger partial charge in [0.1, 0.15) is 5.82 Å². The maximum atomic E-state index is 13.8. The zero-order chi connectivity index (χ0) is 14.7. The van der Waals surface area contributed by atoms with Crippen LogP contribution in [-0.4, -0.2) is 11.1 Å². The third-order valence-corrected chi connectivity index (χ3v) is 3.61. The standard InChI is InChI=1S/C15H11Cl2FO2/c16-10-5-6-13(17)9(7-10)8-12(15(19)20)11-3-1-2-4-14(11)18/h1-7,12H,8H2,(H,19,20). The number of benzene rings is 2. The molecule has 2 rings (SSSR count). The van der Waals surface area contributed by atoms with E-state index in [9.17, 15) is 14.3 Å². The molecule has 0 heterocycles. The predicted octanol–water partition coefficient (Wildman–Crippen LogP) is 4.54. The molecule has 0 aliphatic carbocycles. The minimum absolute atomic E-state index is 0.0790. The molecule has 0 bridgehead atoms. The van der Waals surface area contributed by atoms with Crippen molar-refractivity contribution in [3.63, 3.8) is 0 Å². The minimum Gasteiger partial charge on any atom is -0.481 e. The molecule has 1 unspecified atom stereocenters. The van der Waals surface area contributed by atoms with Gasteiger partial charge in [-0.05, 0) is 36.2 Å². The molecular weight excluding hydrogens is 302 g/mol. The average molecular weight is 313 g/mol. The number of hydrogen-bond acceptors (Lipinski definition) is 1. The van der Waals surface area contributed by atoms with Gasteiger partial charge < -0.3 is 5.11 Å². The minimum atomic E-state index is -1.11. The van der Waals surface area contributed by atoms with E-state index in [2.05, 4.69) is 0 Å². The summed E-state index contributed by atoms with van der Waals surface area (Å²) < 4.78 is 13.8. The molecule has 2 aromatic carbocycles. The zero-order valence-electron chi connectivity index (χ0n) is 10.3. The van der Waals surface area contributed by atoms with Crippen LogP contribution in [0.2, 0.25) is 10.0 Å². The van der Waals surface area contributed by atoms with Crippen LogP contribution in [-0.2, 0) is 11.2 Å². The normalized spacial score (nSPS) is 12.2. The molecule has 104 valence electrons. The molecule has 20 heavy (non-hydrogen) atoms. The van der Waals surface area contributed by atoms with Gasteiger partial charge in [0, 0.05) is 15.6 Å². The topological polar surface area (TPSA) is 37.3 Å². The summed E-state index contributed by atoms with van der Waals surface area (Å²) in [6.07, 6.45) is 0.0790. The number of hydrogen-bond donors (Lipinski definition) is 1. The Morgan fingerprint density at radius 1 is 1.20 bits per heavy atom. The maximum Gasteiger partial charge on any atom is 0.311 e. The van der Waals surface area contributed by atoms with Crippen molar-refractivity contribution < 1.29 is 14.3 Å². The van der Waals surface area contributed by atoms with Crippen LogP contribution in [0.15, 0.2) is 42.5 Å². The van der Waals surface area contributed by atoms with Crippen molar-refractivity contribution in [3.8, 4) is 0 Å². The molecule has 1 atom stereocenters. The van der Waals surface area contributed by atoms with Gasteiger partial charge in [-0.2, -0.15) is 0 Å². The predicted molar refractivity (Wildman–Crippen MR) is 76.9 cm³/mol. The monoisotopic (exact) mass is 312 g/mol. The van der Waals surface area contributed by atoms with Crippen LogP contribution in [0.25, 0.3) is 0 Å². The fraction of sp³-hybridized carbons (Fsp3) is 0.133. The highest BCUT2D eigenvalue weighted by Crippen LogP contribution is 2.29. The third kappa shape index (κ3) is 3.30. The second-order valence-electron chi connectivity index (χ2n) is 4.35. The lowest BCUT2D eigenvalue weighted by Gasteiger charge is -2.14. The SMILES string of the molecule is O=C(O)C(Cc1cc(Cl)ccc1Cl)c1ccccc1F. The third-order valence-electron chi connectivity index (χ3n) is 3.01. The van der Waals surface area contributed by atoms with E-state index in [1.807, 2.05) is 0 Å². The number of carbonyl (C=O) groups is 1. The van der Waals surface area contributed by atoms with Crippen LogP contribution >= 0.6 is 23.2 Å². The highest BCUT2D eigenvalue weighted by atomic mass is 35.5. The molecule has 0 aromatic heterocycles. The van der Waals surface area contributed by atoms with Gasteiger partial charge in [-0.1, -0.05) is 41.4 Å². The summed E-state index contributed by atoms with van der Waals surface area (Å²) in [5.74, 6) is -2.66. The largest absolute Gasteiger partial charge is 0.481 e. The van der Waals surface area contributed by atoms with E-state index < -0.39 is 17.7 Å². The summed E-state index contributed by atoms with van der Waals surface area (Å²) in [6.45, 7) is 0. The second-order valence-corrected chi connectivity index (χ2v) is 5.20. The van der Waals surface area contributed by atoms with Crippen LogP contribution in [0.1, 0.15) is 17.0 Å². The number of carboxylic acids is 1. The summed E-state index contributed by atoms with van der Waals surface area (Å²) >= 11 is 11.9. The number of halogens is 3. The first-order valence-electron chi connectivity index (χ1n) is 5.90. The zero-order valence-corrected chi connectivity index (χ0v) is 11.8. The molecule has 0 amide bonds. The van der Waals surface area contributed by atoms with Crippen LogP contribution in [0, 0.1) is 5.82 Å². The number of carboxylic acid groups (broad SMARTS) is 1. The molecule has 1 N–H and O–H groups in total. The van der Waals surface area contributed by atoms with Crippen LogP contribution in [0.3, 0.4) is 0 Å². The van der Waals surface area contributed by atoms with Gasteiger partial charge in [-0.15, -0.1) is 0 Å². The fourth-order valence-electron chi connectivity index (χ4n) is 2.01. The van der Waals surface area contributed by atoms with Crippen molar-refractivity contribution >= 4 is 29.2 Å². The van der Waals surface area contributed by atoms with Crippen LogP contribution in [0.4, 0.5) is 4.39 Å². The van der Waals surface area contributed by atoms with E-state index in [4.69, 9.17) is 23.2 Å². The Hall–Kier alpha value is -1.58. The first kappa shape index (κ1) is 14.8. The molecule has 0 aliphatic rings. The second kappa shape index (κ2) is 6.25. The Morgan fingerprint density at radius 3 is 2.55 bits per heavy atom. The van der Waals surface area contributed by atoms with E-state index in [0.717, 1.165) is 0 Å². The maximum absolute atomic E-state index is 13.8. The van der Waals surface area contributed by atoms with Crippen molar-refractivity contribution in [1.29, 1.82) is 0 Å². The number of aliphatic carboxylic acids is 1. The first-order valence-corrected chi connectivity index (χ1v) is 6.66. The molecule has 0 radical (unpaired) electrons. The quantitative estimate of drug-likeness (QED) is 0.899. The van der Waals surface area contributed by atoms with Crippen LogP contribution in [0.5, 0.6) is 0 Å². The summed E-state index contributed by atoms with van der Waals surface area (Å²) in [6, 6.07) is 10.6. The summed E-state index contributed by atoms with van der Waals surface area (Å²) in [4.78, 5) is 11.4. The highest BCUT2D eigenvalue weighted by molar-refractivity contribution is 6.33. The van der Waals surface area contributed by atoms with Gasteiger partial charge in [0.15, 0.2) is 0 Å². The van der Waals surface area contributed by atoms with E-state index in [0.29, 0.717) is 15.6 Å². The van der Waals surface area contributed by atoms with Crippen molar-refractivity contribution in [1.82, 2.24) is 0 Å². The Balaban J connectivity index is 2.38. The molecule has 0 saturated heterocycles. The van der Waals surface area contributed by atoms with Gasteiger partial charge in [0.2, 0.25) is 0 Å². The molecule has 0 fully saturated rings. The lowest BCUT2D eigenvalue weighted by molar-refractivity contribution is -0.138. The summed E-state index contributed by atoms with van der Waals surface area (Å²) in [5, 5.41) is 10.2. The van der Waals surface area contributed by atoms with Crippen molar-refractivity contribution in [2.75, 3.05) is 0 Å². The lowest BCUT2D eigenvalue weighted by atomic mass is 9.91. The summed E-state index contributed by atoms with van der Waals surface area (Å²) in [5.41, 5.74) is 0.714. The molecule has 0 saturated carbocycles. The Kier molecular flexibility index (Phi) is 4.63. The Morgan fingerprint density at radius 2 is 1.90 bits per heavy atom. The average Bonchev–Trinajstić information content (AvgIpc) is 2.40. The van der Waals surface area contributed by atoms with E-state index >= 15 is 0 Å². The van der Waals surface area contributed by atoms with Gasteiger partial charge in [0.05, 0.1) is 5.92 Å². The molecule has 0 aliphatic heterocycles. The van der Waals surface area contributed by atoms with Crippen molar-refractivity contribution in [2.24, 2.45) is 0 Å². The van der Waals surface area contributed by atoms with Gasteiger partial charge in [-0.25, -0.2) is 4.39 Å². The van der Waals surface area contributed by atoms with Gasteiger partial charge in [0.25, 0.3) is 0 Å². The van der Waals surface area contributed by atoms with Crippen molar-refractivity contribution in [3.05, 3.63) is 69.5 Å². The molecular formula is C15H11Cl2FO2. The number of rotatable bonds is 4. The Bertz CT molecular complexity index is 644. The van der Waals surface area contributed by atoms with E-state index in [-0.39, 0.29) is 12.0 Å². The van der Waals surface area contributed by atoms with E-state index in [1.165, 1.54) is 18.2 Å². The smallest absolute Gasteiger partial charge is 0.311 e. The first-order chi connectivity index (χ1) is 9.49. The summed E-state index contributed by atoms with van der Waals surface area (Å²) in [7, 11) is 0. The van der Waals surface area contributed by atoms with Crippen molar-refractivity contribution in [2.45, 2.75) is 12.3 Å². The van der Waals surface area contributed by atoms with Gasteiger partial charge in [-0.3, -0.25) is 4.79 Å². The Labute approximate surface area is 125 Å².